The fraction of sp³-hybridized carbons (Fsp3) is 0.600. The maximum absolute atomic E-state index is 12.5. The Kier molecular flexibility index (Phi) is 5.97. The summed E-state index contributed by atoms with van der Waals surface area (Å²) >= 11 is 0. The summed E-state index contributed by atoms with van der Waals surface area (Å²) in [7, 11) is 0. The van der Waals surface area contributed by atoms with Gasteiger partial charge in [-0.15, -0.1) is 0 Å². The first-order valence-electron chi connectivity index (χ1n) is 10.1. The average molecular weight is 388 g/mol. The van der Waals surface area contributed by atoms with E-state index in [-0.39, 0.29) is 24.2 Å². The Balaban J connectivity index is 1.26. The standard InChI is InChI=1S/C20H28N4O4/c25-19-12-15(20(26)22-4-1-7-23-8-5-21-6-9-23)14-24(19)16-2-3-17-18(13-16)28-11-10-27-17/h2-3,13,15,21H,1,4-12,14H2,(H,22,26). The van der Waals surface area contributed by atoms with Gasteiger partial charge >= 0.3 is 0 Å². The van der Waals surface area contributed by atoms with E-state index in [0.717, 1.165) is 44.8 Å². The van der Waals surface area contributed by atoms with Gasteiger partial charge in [0.05, 0.1) is 5.92 Å². The predicted octanol–water partition coefficient (Wildman–Crippen LogP) is 0.222. The number of piperazine rings is 1. The molecule has 2 N–H and O–H groups in total. The first kappa shape index (κ1) is 19.0. The first-order chi connectivity index (χ1) is 13.7. The van der Waals surface area contributed by atoms with Crippen LogP contribution < -0.4 is 25.0 Å². The van der Waals surface area contributed by atoms with Gasteiger partial charge in [-0.25, -0.2) is 0 Å². The van der Waals surface area contributed by atoms with E-state index in [1.54, 1.807) is 4.90 Å². The van der Waals surface area contributed by atoms with Crippen molar-refractivity contribution in [1.82, 2.24) is 15.5 Å². The summed E-state index contributed by atoms with van der Waals surface area (Å²) in [5, 5.41) is 6.34. The van der Waals surface area contributed by atoms with Crippen molar-refractivity contribution in [3.05, 3.63) is 18.2 Å². The Bertz CT molecular complexity index is 720. The number of ether oxygens (including phenoxy) is 2. The van der Waals surface area contributed by atoms with Gasteiger partial charge in [0.1, 0.15) is 13.2 Å². The molecule has 28 heavy (non-hydrogen) atoms. The van der Waals surface area contributed by atoms with E-state index < -0.39 is 0 Å². The van der Waals surface area contributed by atoms with Crippen LogP contribution in [0.4, 0.5) is 5.69 Å². The number of rotatable bonds is 6. The number of anilines is 1. The topological polar surface area (TPSA) is 83.1 Å². The molecule has 0 radical (unpaired) electrons. The number of fused-ring (bicyclic) bond motifs is 1. The lowest BCUT2D eigenvalue weighted by Gasteiger charge is -2.27. The quantitative estimate of drug-likeness (QED) is 0.679. The molecule has 2 fully saturated rings. The zero-order chi connectivity index (χ0) is 19.3. The highest BCUT2D eigenvalue weighted by Crippen LogP contribution is 2.35. The minimum absolute atomic E-state index is 0.0300. The lowest BCUT2D eigenvalue weighted by atomic mass is 10.1. The van der Waals surface area contributed by atoms with Gasteiger partial charge in [0, 0.05) is 57.4 Å². The highest BCUT2D eigenvalue weighted by molar-refractivity contribution is 6.00. The van der Waals surface area contributed by atoms with Gasteiger partial charge in [-0.05, 0) is 25.1 Å². The lowest BCUT2D eigenvalue weighted by Crippen LogP contribution is -2.44. The van der Waals surface area contributed by atoms with Crippen molar-refractivity contribution in [2.45, 2.75) is 12.8 Å². The minimum Gasteiger partial charge on any atom is -0.486 e. The molecule has 0 spiro atoms. The van der Waals surface area contributed by atoms with Gasteiger partial charge in [0.2, 0.25) is 11.8 Å². The monoisotopic (exact) mass is 388 g/mol. The zero-order valence-electron chi connectivity index (χ0n) is 16.1. The smallest absolute Gasteiger partial charge is 0.227 e. The Labute approximate surface area is 165 Å². The highest BCUT2D eigenvalue weighted by atomic mass is 16.6. The second-order valence-electron chi connectivity index (χ2n) is 7.47. The van der Waals surface area contributed by atoms with E-state index in [0.29, 0.717) is 37.8 Å². The van der Waals surface area contributed by atoms with Crippen molar-refractivity contribution < 1.29 is 19.1 Å². The largest absolute Gasteiger partial charge is 0.486 e. The van der Waals surface area contributed by atoms with Gasteiger partial charge in [0.25, 0.3) is 0 Å². The van der Waals surface area contributed by atoms with Crippen LogP contribution in [0.15, 0.2) is 18.2 Å². The van der Waals surface area contributed by atoms with Crippen molar-refractivity contribution >= 4 is 17.5 Å². The maximum atomic E-state index is 12.5. The molecule has 3 heterocycles. The summed E-state index contributed by atoms with van der Waals surface area (Å²) in [5.41, 5.74) is 0.753. The number of nitrogens with one attached hydrogen (secondary N) is 2. The van der Waals surface area contributed by atoms with Crippen LogP contribution in [-0.4, -0.2) is 75.7 Å². The van der Waals surface area contributed by atoms with E-state index in [4.69, 9.17) is 9.47 Å². The van der Waals surface area contributed by atoms with Crippen molar-refractivity contribution in [2.75, 3.05) is 63.9 Å². The van der Waals surface area contributed by atoms with Crippen LogP contribution in [0.5, 0.6) is 11.5 Å². The van der Waals surface area contributed by atoms with Crippen molar-refractivity contribution in [3.63, 3.8) is 0 Å². The van der Waals surface area contributed by atoms with Crippen LogP contribution in [0, 0.1) is 5.92 Å². The molecule has 3 aliphatic rings. The molecule has 1 atom stereocenters. The second-order valence-corrected chi connectivity index (χ2v) is 7.47. The van der Waals surface area contributed by atoms with Gasteiger partial charge in [-0.3, -0.25) is 9.59 Å². The number of benzene rings is 1. The molecular weight excluding hydrogens is 360 g/mol. The number of carbonyl (C=O) groups excluding carboxylic acids is 2. The van der Waals surface area contributed by atoms with E-state index in [2.05, 4.69) is 15.5 Å². The average Bonchev–Trinajstić information content (AvgIpc) is 3.13. The molecule has 1 aromatic rings. The molecule has 1 aromatic carbocycles. The summed E-state index contributed by atoms with van der Waals surface area (Å²) in [6.45, 7) is 7.29. The molecule has 0 bridgehead atoms. The lowest BCUT2D eigenvalue weighted by molar-refractivity contribution is -0.126. The van der Waals surface area contributed by atoms with Crippen LogP contribution in [0.25, 0.3) is 0 Å². The van der Waals surface area contributed by atoms with Crippen LogP contribution >= 0.6 is 0 Å². The fourth-order valence-electron chi connectivity index (χ4n) is 3.93. The number of hydrogen-bond acceptors (Lipinski definition) is 6. The Morgan fingerprint density at radius 2 is 1.96 bits per heavy atom. The number of hydrogen-bond donors (Lipinski definition) is 2. The highest BCUT2D eigenvalue weighted by Gasteiger charge is 2.35. The molecule has 8 heteroatoms. The van der Waals surface area contributed by atoms with E-state index in [1.165, 1.54) is 0 Å². The molecule has 4 rings (SSSR count). The van der Waals surface area contributed by atoms with Gasteiger partial charge in [0.15, 0.2) is 11.5 Å². The van der Waals surface area contributed by atoms with E-state index in [1.807, 2.05) is 18.2 Å². The van der Waals surface area contributed by atoms with Crippen molar-refractivity contribution in [2.24, 2.45) is 5.92 Å². The van der Waals surface area contributed by atoms with Gasteiger partial charge in [-0.2, -0.15) is 0 Å². The van der Waals surface area contributed by atoms with Gasteiger partial charge < -0.3 is 29.9 Å². The molecule has 2 saturated heterocycles. The maximum Gasteiger partial charge on any atom is 0.227 e. The summed E-state index contributed by atoms with van der Waals surface area (Å²) in [5.74, 6) is 0.976. The predicted molar refractivity (Wildman–Crippen MR) is 105 cm³/mol. The third-order valence-electron chi connectivity index (χ3n) is 5.49. The third kappa shape index (κ3) is 4.39. The zero-order valence-corrected chi connectivity index (χ0v) is 16.1. The van der Waals surface area contributed by atoms with Crippen LogP contribution in [0.1, 0.15) is 12.8 Å². The van der Waals surface area contributed by atoms with Gasteiger partial charge in [-0.1, -0.05) is 0 Å². The molecule has 0 aromatic heterocycles. The molecule has 0 saturated carbocycles. The number of amides is 2. The van der Waals surface area contributed by atoms with Crippen LogP contribution in [0.2, 0.25) is 0 Å². The Morgan fingerprint density at radius 3 is 2.79 bits per heavy atom. The van der Waals surface area contributed by atoms with Crippen molar-refractivity contribution in [3.8, 4) is 11.5 Å². The minimum atomic E-state index is -0.306. The molecule has 1 unspecified atom stereocenters. The second kappa shape index (κ2) is 8.79. The molecule has 0 aliphatic carbocycles. The van der Waals surface area contributed by atoms with Crippen molar-refractivity contribution in [1.29, 1.82) is 0 Å². The van der Waals surface area contributed by atoms with E-state index >= 15 is 0 Å². The summed E-state index contributed by atoms with van der Waals surface area (Å²) in [6, 6.07) is 5.49. The molecule has 152 valence electrons. The number of carbonyl (C=O) groups is 2. The fourth-order valence-corrected chi connectivity index (χ4v) is 3.93. The molecule has 8 nitrogen and oxygen atoms in total. The van der Waals surface area contributed by atoms with Crippen LogP contribution in [-0.2, 0) is 9.59 Å². The van der Waals surface area contributed by atoms with Crippen LogP contribution in [0.3, 0.4) is 0 Å². The Hall–Kier alpha value is -2.32. The van der Waals surface area contributed by atoms with E-state index in [9.17, 15) is 9.59 Å². The Morgan fingerprint density at radius 1 is 1.18 bits per heavy atom. The normalized spacial score (nSPS) is 22.4. The SMILES string of the molecule is O=C(NCCCN1CCNCC1)C1CC(=O)N(c2ccc3c(c2)OCCO3)C1. The molecular formula is C20H28N4O4. The summed E-state index contributed by atoms with van der Waals surface area (Å²) < 4.78 is 11.1. The first-order valence-corrected chi connectivity index (χ1v) is 10.1. The third-order valence-corrected chi connectivity index (χ3v) is 5.49. The number of nitrogens with zero attached hydrogens (tertiary/aromatic N) is 2. The summed E-state index contributed by atoms with van der Waals surface area (Å²) in [4.78, 5) is 29.0. The summed E-state index contributed by atoms with van der Waals surface area (Å²) in [6.07, 6.45) is 1.18. The molecule has 3 aliphatic heterocycles. The molecule has 2 amide bonds.